The standard InChI is InChI=1S/C36H23N3O7/c40-19-18-37-33(42)26-14-16-28-32-29(17-15-27(31(26)32)34(37)43)36(45)38(35(28)44)21-30(41)46-25-13-7-12-24(20-25)39(22-8-3-1-4-9-22)23-10-5-2-6-11-23/h1-17,19-20H,18,21H2. The lowest BCUT2D eigenvalue weighted by molar-refractivity contribution is -0.134. The van der Waals surface area contributed by atoms with E-state index in [1.54, 1.807) is 18.2 Å². The van der Waals surface area contributed by atoms with Crippen molar-refractivity contribution in [1.29, 1.82) is 0 Å². The van der Waals surface area contributed by atoms with Crippen molar-refractivity contribution in [3.05, 3.63) is 131 Å². The van der Waals surface area contributed by atoms with Crippen molar-refractivity contribution in [3.63, 3.8) is 0 Å². The predicted molar refractivity (Wildman–Crippen MR) is 168 cm³/mol. The number of aldehydes is 1. The first kappa shape index (κ1) is 28.4. The van der Waals surface area contributed by atoms with E-state index in [1.807, 2.05) is 71.6 Å². The Kier molecular flexibility index (Phi) is 6.94. The van der Waals surface area contributed by atoms with Crippen molar-refractivity contribution in [2.24, 2.45) is 0 Å². The molecule has 0 aromatic heterocycles. The second-order valence-electron chi connectivity index (χ2n) is 10.6. The van der Waals surface area contributed by atoms with Gasteiger partial charge in [0.25, 0.3) is 23.6 Å². The Bertz CT molecular complexity index is 2000. The van der Waals surface area contributed by atoms with Crippen molar-refractivity contribution >= 4 is 63.7 Å². The average molecular weight is 610 g/mol. The summed E-state index contributed by atoms with van der Waals surface area (Å²) in [5.41, 5.74) is 2.83. The van der Waals surface area contributed by atoms with Gasteiger partial charge in [-0.1, -0.05) is 42.5 Å². The summed E-state index contributed by atoms with van der Waals surface area (Å²) >= 11 is 0. The van der Waals surface area contributed by atoms with Crippen LogP contribution in [0, 0.1) is 0 Å². The third kappa shape index (κ3) is 4.60. The Hall–Kier alpha value is -6.42. The van der Waals surface area contributed by atoms with Gasteiger partial charge in [-0.2, -0.15) is 0 Å². The average Bonchev–Trinajstić information content (AvgIpc) is 3.08. The Balaban J connectivity index is 1.16. The summed E-state index contributed by atoms with van der Waals surface area (Å²) in [5, 5.41) is 0.339. The number of benzene rings is 5. The summed E-state index contributed by atoms with van der Waals surface area (Å²) in [5.74, 6) is -3.54. The van der Waals surface area contributed by atoms with Crippen LogP contribution < -0.4 is 9.64 Å². The maximum absolute atomic E-state index is 13.6. The largest absolute Gasteiger partial charge is 0.425 e. The second kappa shape index (κ2) is 11.3. The fraction of sp³-hybridized carbons (Fsp3) is 0.0556. The second-order valence-corrected chi connectivity index (χ2v) is 10.6. The summed E-state index contributed by atoms with van der Waals surface area (Å²) < 4.78 is 5.63. The molecule has 0 bridgehead atoms. The van der Waals surface area contributed by atoms with Gasteiger partial charge < -0.3 is 14.4 Å². The van der Waals surface area contributed by atoms with Gasteiger partial charge in [0.2, 0.25) is 0 Å². The number of ether oxygens (including phenoxy) is 1. The Morgan fingerprint density at radius 3 is 1.52 bits per heavy atom. The van der Waals surface area contributed by atoms with Crippen LogP contribution in [0.25, 0.3) is 10.8 Å². The van der Waals surface area contributed by atoms with Crippen LogP contribution in [0.4, 0.5) is 17.1 Å². The zero-order valence-corrected chi connectivity index (χ0v) is 24.1. The number of hydrogen-bond donors (Lipinski definition) is 0. The van der Waals surface area contributed by atoms with Crippen molar-refractivity contribution in [2.45, 2.75) is 0 Å². The van der Waals surface area contributed by atoms with Crippen LogP contribution in [-0.2, 0) is 9.59 Å². The molecule has 2 aliphatic rings. The molecule has 4 amide bonds. The van der Waals surface area contributed by atoms with Gasteiger partial charge in [0.1, 0.15) is 18.6 Å². The molecule has 0 radical (unpaired) electrons. The van der Waals surface area contributed by atoms with E-state index in [0.29, 0.717) is 6.29 Å². The van der Waals surface area contributed by atoms with Gasteiger partial charge in [0.15, 0.2) is 0 Å². The molecule has 2 aliphatic heterocycles. The van der Waals surface area contributed by atoms with Crippen LogP contribution in [0.1, 0.15) is 41.4 Å². The Morgan fingerprint density at radius 2 is 1.04 bits per heavy atom. The van der Waals surface area contributed by atoms with Crippen molar-refractivity contribution in [2.75, 3.05) is 18.0 Å². The number of imide groups is 2. The van der Waals surface area contributed by atoms with Crippen molar-refractivity contribution < 1.29 is 33.5 Å². The summed E-state index contributed by atoms with van der Waals surface area (Å²) in [6.45, 7) is -1.09. The summed E-state index contributed by atoms with van der Waals surface area (Å²) in [4.78, 5) is 81.1. The molecule has 0 N–H and O–H groups in total. The monoisotopic (exact) mass is 609 g/mol. The lowest BCUT2D eigenvalue weighted by atomic mass is 9.86. The van der Waals surface area contributed by atoms with Crippen LogP contribution in [0.2, 0.25) is 0 Å². The Labute approximate surface area is 262 Å². The highest BCUT2D eigenvalue weighted by molar-refractivity contribution is 6.33. The number of para-hydroxylation sites is 2. The third-order valence-electron chi connectivity index (χ3n) is 7.94. The van der Waals surface area contributed by atoms with E-state index in [9.17, 15) is 28.8 Å². The summed E-state index contributed by atoms with van der Waals surface area (Å²) in [6, 6.07) is 31.8. The van der Waals surface area contributed by atoms with Crippen LogP contribution in [0.3, 0.4) is 0 Å². The molecule has 10 heteroatoms. The van der Waals surface area contributed by atoms with E-state index in [4.69, 9.17) is 4.74 Å². The maximum atomic E-state index is 13.6. The zero-order valence-electron chi connectivity index (χ0n) is 24.1. The molecular weight excluding hydrogens is 586 g/mol. The number of nitrogens with zero attached hydrogens (tertiary/aromatic N) is 3. The smallest absolute Gasteiger partial charge is 0.331 e. The summed E-state index contributed by atoms with van der Waals surface area (Å²) in [7, 11) is 0. The number of carbonyl (C=O) groups is 6. The maximum Gasteiger partial charge on any atom is 0.331 e. The predicted octanol–water partition coefficient (Wildman–Crippen LogP) is 5.31. The minimum Gasteiger partial charge on any atom is -0.425 e. The van der Waals surface area contributed by atoms with E-state index in [2.05, 4.69) is 0 Å². The first-order valence-corrected chi connectivity index (χ1v) is 14.3. The molecule has 0 saturated carbocycles. The lowest BCUT2D eigenvalue weighted by Crippen LogP contribution is -2.45. The highest BCUT2D eigenvalue weighted by Crippen LogP contribution is 2.38. The minimum absolute atomic E-state index is 0.0656. The molecule has 0 saturated heterocycles. The number of rotatable bonds is 8. The number of hydrogen-bond acceptors (Lipinski definition) is 8. The Morgan fingerprint density at radius 1 is 0.587 bits per heavy atom. The van der Waals surface area contributed by atoms with Gasteiger partial charge in [-0.05, 0) is 60.7 Å². The SMILES string of the molecule is O=CCN1C(=O)c2ccc3c4c(ccc(c24)C1=O)C(=O)N(CC(=O)Oc1cccc(N(c2ccccc2)c2ccccc2)c1)C3=O. The van der Waals surface area contributed by atoms with Gasteiger partial charge in [0, 0.05) is 56.2 Å². The van der Waals surface area contributed by atoms with Gasteiger partial charge in [-0.15, -0.1) is 0 Å². The van der Waals surface area contributed by atoms with Gasteiger partial charge in [0.05, 0.1) is 6.54 Å². The number of anilines is 3. The fourth-order valence-electron chi connectivity index (χ4n) is 5.94. The third-order valence-corrected chi connectivity index (χ3v) is 7.94. The van der Waals surface area contributed by atoms with Gasteiger partial charge in [-0.25, -0.2) is 4.79 Å². The highest BCUT2D eigenvalue weighted by atomic mass is 16.5. The van der Waals surface area contributed by atoms with Gasteiger partial charge >= 0.3 is 5.97 Å². The molecule has 5 aromatic rings. The van der Waals surface area contributed by atoms with E-state index in [-0.39, 0.29) is 38.8 Å². The van der Waals surface area contributed by atoms with Crippen molar-refractivity contribution in [1.82, 2.24) is 9.80 Å². The van der Waals surface area contributed by atoms with Gasteiger partial charge in [-0.3, -0.25) is 29.0 Å². The topological polar surface area (TPSA) is 121 Å². The van der Waals surface area contributed by atoms with E-state index in [0.717, 1.165) is 26.9 Å². The first-order valence-electron chi connectivity index (χ1n) is 14.3. The number of carbonyl (C=O) groups excluding carboxylic acids is 6. The molecule has 5 aromatic carbocycles. The fourth-order valence-corrected chi connectivity index (χ4v) is 5.94. The molecule has 7 rings (SSSR count). The molecule has 224 valence electrons. The molecule has 46 heavy (non-hydrogen) atoms. The minimum atomic E-state index is -0.839. The van der Waals surface area contributed by atoms with Crippen LogP contribution >= 0.6 is 0 Å². The van der Waals surface area contributed by atoms with E-state index in [1.165, 1.54) is 24.3 Å². The molecule has 2 heterocycles. The lowest BCUT2D eigenvalue weighted by Gasteiger charge is -2.31. The summed E-state index contributed by atoms with van der Waals surface area (Å²) in [6.07, 6.45) is 0.451. The van der Waals surface area contributed by atoms with E-state index < -0.39 is 42.7 Å². The van der Waals surface area contributed by atoms with Crippen molar-refractivity contribution in [3.8, 4) is 5.75 Å². The number of esters is 1. The molecule has 0 atom stereocenters. The van der Waals surface area contributed by atoms with Crippen LogP contribution in [0.15, 0.2) is 109 Å². The molecule has 0 fully saturated rings. The van der Waals surface area contributed by atoms with E-state index >= 15 is 0 Å². The molecule has 10 nitrogen and oxygen atoms in total. The normalized spacial score (nSPS) is 13.7. The van der Waals surface area contributed by atoms with Crippen LogP contribution in [0.5, 0.6) is 5.75 Å². The molecular formula is C36H23N3O7. The zero-order chi connectivity index (χ0) is 31.9. The highest BCUT2D eigenvalue weighted by Gasteiger charge is 2.40. The molecule has 0 aliphatic carbocycles. The molecule has 0 unspecified atom stereocenters. The molecule has 0 spiro atoms. The van der Waals surface area contributed by atoms with Crippen LogP contribution in [-0.4, -0.2) is 58.8 Å². The first-order chi connectivity index (χ1) is 22.4. The quantitative estimate of drug-likeness (QED) is 0.101. The number of amides is 4.